The van der Waals surface area contributed by atoms with Gasteiger partial charge in [-0.2, -0.15) is 0 Å². The highest BCUT2D eigenvalue weighted by molar-refractivity contribution is 9.10. The minimum atomic E-state index is -3.58. The first kappa shape index (κ1) is 15.1. The van der Waals surface area contributed by atoms with E-state index in [1.165, 1.54) is 0 Å². The van der Waals surface area contributed by atoms with Crippen molar-refractivity contribution in [3.8, 4) is 0 Å². The number of halogens is 1. The van der Waals surface area contributed by atoms with Crippen LogP contribution < -0.4 is 4.72 Å². The highest BCUT2D eigenvalue weighted by atomic mass is 79.9. The van der Waals surface area contributed by atoms with E-state index < -0.39 is 10.0 Å². The highest BCUT2D eigenvalue weighted by Crippen LogP contribution is 2.22. The van der Waals surface area contributed by atoms with Crippen molar-refractivity contribution in [2.75, 3.05) is 0 Å². The predicted octanol–water partition coefficient (Wildman–Crippen LogP) is 2.33. The van der Waals surface area contributed by atoms with Gasteiger partial charge in [0, 0.05) is 10.7 Å². The van der Waals surface area contributed by atoms with E-state index in [1.807, 2.05) is 13.8 Å². The molecule has 2 aromatic rings. The Morgan fingerprint density at radius 2 is 1.95 bits per heavy atom. The molecule has 0 fully saturated rings. The summed E-state index contributed by atoms with van der Waals surface area (Å²) in [5.41, 5.74) is 2.35. The molecule has 0 aliphatic heterocycles. The summed E-state index contributed by atoms with van der Waals surface area (Å²) < 4.78 is 27.5. The van der Waals surface area contributed by atoms with Crippen molar-refractivity contribution in [1.29, 1.82) is 0 Å². The average molecular weight is 356 g/mol. The minimum absolute atomic E-state index is 0.107. The quantitative estimate of drug-likeness (QED) is 0.913. The molecule has 20 heavy (non-hydrogen) atoms. The summed E-state index contributed by atoms with van der Waals surface area (Å²) in [6.45, 7) is 3.83. The number of hydrogen-bond acceptors (Lipinski definition) is 4. The second-order valence-electron chi connectivity index (χ2n) is 4.41. The van der Waals surface area contributed by atoms with Gasteiger partial charge in [-0.3, -0.25) is 9.97 Å². The van der Waals surface area contributed by atoms with Gasteiger partial charge in [-0.05, 0) is 47.5 Å². The lowest BCUT2D eigenvalue weighted by molar-refractivity contribution is 0.579. The van der Waals surface area contributed by atoms with Crippen LogP contribution in [0.15, 0.2) is 40.0 Å². The number of hydrogen-bond donors (Lipinski definition) is 1. The van der Waals surface area contributed by atoms with Crippen LogP contribution in [0.3, 0.4) is 0 Å². The van der Waals surface area contributed by atoms with Gasteiger partial charge in [-0.25, -0.2) is 13.1 Å². The van der Waals surface area contributed by atoms with Crippen molar-refractivity contribution >= 4 is 26.0 Å². The molecule has 0 spiro atoms. The van der Waals surface area contributed by atoms with Gasteiger partial charge in [-0.15, -0.1) is 0 Å². The molecular weight excluding hydrogens is 342 g/mol. The maximum absolute atomic E-state index is 12.2. The molecule has 0 aliphatic rings. The Morgan fingerprint density at radius 3 is 2.55 bits per heavy atom. The third-order valence-corrected chi connectivity index (χ3v) is 5.03. The molecule has 0 radical (unpaired) electrons. The zero-order chi connectivity index (χ0) is 14.8. The lowest BCUT2D eigenvalue weighted by Crippen LogP contribution is -2.24. The SMILES string of the molecule is Cc1ccc(S(=O)(=O)NCc2cnc(C)cn2)c(Br)c1. The summed E-state index contributed by atoms with van der Waals surface area (Å²) in [6.07, 6.45) is 3.16. The Kier molecular flexibility index (Phi) is 4.52. The molecule has 0 aliphatic carbocycles. The third kappa shape index (κ3) is 3.62. The van der Waals surface area contributed by atoms with Crippen molar-refractivity contribution in [1.82, 2.24) is 14.7 Å². The normalized spacial score (nSPS) is 11.6. The van der Waals surface area contributed by atoms with E-state index in [0.29, 0.717) is 10.2 Å². The summed E-state index contributed by atoms with van der Waals surface area (Å²) in [5.74, 6) is 0. The van der Waals surface area contributed by atoms with Crippen molar-refractivity contribution in [3.63, 3.8) is 0 Å². The molecule has 0 amide bonds. The average Bonchev–Trinajstić information content (AvgIpc) is 2.37. The topological polar surface area (TPSA) is 72.0 Å². The Hall–Kier alpha value is -1.31. The Balaban J connectivity index is 2.17. The van der Waals surface area contributed by atoms with Crippen molar-refractivity contribution in [2.24, 2.45) is 0 Å². The maximum Gasteiger partial charge on any atom is 0.242 e. The maximum atomic E-state index is 12.2. The summed E-state index contributed by atoms with van der Waals surface area (Å²) in [7, 11) is -3.58. The van der Waals surface area contributed by atoms with Crippen LogP contribution in [0.5, 0.6) is 0 Å². The van der Waals surface area contributed by atoms with E-state index in [2.05, 4.69) is 30.6 Å². The molecule has 0 saturated heterocycles. The van der Waals surface area contributed by atoms with Crippen LogP contribution in [-0.4, -0.2) is 18.4 Å². The van der Waals surface area contributed by atoms with Gasteiger partial charge in [0.25, 0.3) is 0 Å². The summed E-state index contributed by atoms with van der Waals surface area (Å²) in [6, 6.07) is 5.09. The van der Waals surface area contributed by atoms with Crippen molar-refractivity contribution in [2.45, 2.75) is 25.3 Å². The van der Waals surface area contributed by atoms with Crippen molar-refractivity contribution in [3.05, 3.63) is 52.0 Å². The molecule has 1 aromatic carbocycles. The number of aryl methyl sites for hydroxylation is 2. The molecule has 2 rings (SSSR count). The molecule has 106 valence electrons. The summed E-state index contributed by atoms with van der Waals surface area (Å²) >= 11 is 3.27. The first-order chi connectivity index (χ1) is 9.38. The first-order valence-electron chi connectivity index (χ1n) is 5.92. The number of nitrogens with one attached hydrogen (secondary N) is 1. The van der Waals surface area contributed by atoms with E-state index in [-0.39, 0.29) is 11.4 Å². The second kappa shape index (κ2) is 5.99. The van der Waals surface area contributed by atoms with Gasteiger partial charge in [0.2, 0.25) is 10.0 Å². The number of benzene rings is 1. The molecular formula is C13H14BrN3O2S. The zero-order valence-corrected chi connectivity index (χ0v) is 13.5. The predicted molar refractivity (Wildman–Crippen MR) is 79.7 cm³/mol. The fourth-order valence-corrected chi connectivity index (χ4v) is 3.77. The van der Waals surface area contributed by atoms with Crippen molar-refractivity contribution < 1.29 is 8.42 Å². The van der Waals surface area contributed by atoms with Gasteiger partial charge >= 0.3 is 0 Å². The first-order valence-corrected chi connectivity index (χ1v) is 8.19. The molecule has 5 nitrogen and oxygen atoms in total. The van der Waals surface area contributed by atoms with Gasteiger partial charge in [0.15, 0.2) is 0 Å². The number of nitrogens with zero attached hydrogens (tertiary/aromatic N) is 2. The minimum Gasteiger partial charge on any atom is -0.258 e. The molecule has 0 atom stereocenters. The van der Waals surface area contributed by atoms with E-state index >= 15 is 0 Å². The molecule has 0 unspecified atom stereocenters. The van der Waals surface area contributed by atoms with E-state index in [1.54, 1.807) is 30.6 Å². The summed E-state index contributed by atoms with van der Waals surface area (Å²) in [5, 5.41) is 0. The number of sulfonamides is 1. The Labute approximate surface area is 126 Å². The molecule has 0 saturated carbocycles. The zero-order valence-electron chi connectivity index (χ0n) is 11.1. The monoisotopic (exact) mass is 355 g/mol. The van der Waals surface area contributed by atoms with Gasteiger partial charge in [0.1, 0.15) is 0 Å². The third-order valence-electron chi connectivity index (χ3n) is 2.65. The van der Waals surface area contributed by atoms with E-state index in [4.69, 9.17) is 0 Å². The van der Waals surface area contributed by atoms with E-state index in [0.717, 1.165) is 11.3 Å². The van der Waals surface area contributed by atoms with Crippen LogP contribution in [0, 0.1) is 13.8 Å². The van der Waals surface area contributed by atoms with Crippen LogP contribution in [0.1, 0.15) is 17.0 Å². The molecule has 7 heteroatoms. The molecule has 1 heterocycles. The smallest absolute Gasteiger partial charge is 0.242 e. The van der Waals surface area contributed by atoms with Gasteiger partial charge in [0.05, 0.1) is 29.0 Å². The highest BCUT2D eigenvalue weighted by Gasteiger charge is 2.17. The lowest BCUT2D eigenvalue weighted by atomic mass is 10.2. The standard InChI is InChI=1S/C13H14BrN3O2S/c1-9-3-4-13(12(14)5-9)20(18,19)17-8-11-7-15-10(2)6-16-11/h3-7,17H,8H2,1-2H3. The lowest BCUT2D eigenvalue weighted by Gasteiger charge is -2.08. The number of rotatable bonds is 4. The van der Waals surface area contributed by atoms with Crippen LogP contribution >= 0.6 is 15.9 Å². The fourth-order valence-electron chi connectivity index (χ4n) is 1.58. The molecule has 0 bridgehead atoms. The number of aromatic nitrogens is 2. The Morgan fingerprint density at radius 1 is 1.20 bits per heavy atom. The van der Waals surface area contributed by atoms with Crippen LogP contribution in [0.4, 0.5) is 0 Å². The van der Waals surface area contributed by atoms with Crippen LogP contribution in [-0.2, 0) is 16.6 Å². The largest absolute Gasteiger partial charge is 0.258 e. The van der Waals surface area contributed by atoms with E-state index in [9.17, 15) is 8.42 Å². The van der Waals surface area contributed by atoms with Gasteiger partial charge in [-0.1, -0.05) is 6.07 Å². The van der Waals surface area contributed by atoms with Crippen LogP contribution in [0.25, 0.3) is 0 Å². The Bertz CT molecular complexity index is 715. The second-order valence-corrected chi connectivity index (χ2v) is 7.00. The fraction of sp³-hybridized carbons (Fsp3) is 0.231. The summed E-state index contributed by atoms with van der Waals surface area (Å²) in [4.78, 5) is 8.40. The van der Waals surface area contributed by atoms with Crippen LogP contribution in [0.2, 0.25) is 0 Å². The van der Waals surface area contributed by atoms with Gasteiger partial charge < -0.3 is 0 Å². The molecule has 1 N–H and O–H groups in total. The molecule has 1 aromatic heterocycles.